The Kier molecular flexibility index (Phi) is 2.74. The first-order valence-corrected chi connectivity index (χ1v) is 4.12. The van der Waals surface area contributed by atoms with E-state index in [1.807, 2.05) is 22.6 Å². The second-order valence-corrected chi connectivity index (χ2v) is 3.21. The van der Waals surface area contributed by atoms with Crippen LogP contribution in [0.4, 0.5) is 5.69 Å². The molecule has 0 saturated heterocycles. The zero-order valence-corrected chi connectivity index (χ0v) is 8.02. The highest BCUT2D eigenvalue weighted by Gasteiger charge is 2.16. The molecule has 1 aromatic rings. The van der Waals surface area contributed by atoms with Gasteiger partial charge in [-0.1, -0.05) is 6.07 Å². The first-order chi connectivity index (χ1) is 5.66. The molecule has 62 valence electrons. The van der Waals surface area contributed by atoms with E-state index in [2.05, 4.69) is 0 Å². The van der Waals surface area contributed by atoms with Gasteiger partial charge in [-0.15, -0.1) is 0 Å². The van der Waals surface area contributed by atoms with Crippen molar-refractivity contribution in [2.24, 2.45) is 0 Å². The predicted molar refractivity (Wildman–Crippen MR) is 51.2 cm³/mol. The molecule has 0 saturated carbocycles. The average molecular weight is 277 g/mol. The van der Waals surface area contributed by atoms with Crippen LogP contribution in [-0.4, -0.2) is 11.2 Å². The lowest BCUT2D eigenvalue weighted by molar-refractivity contribution is -0.386. The minimum Gasteiger partial charge on any atom is -0.298 e. The van der Waals surface area contributed by atoms with E-state index >= 15 is 0 Å². The minimum atomic E-state index is -0.550. The number of nitrogens with zero attached hydrogens (tertiary/aromatic N) is 1. The van der Waals surface area contributed by atoms with Crippen molar-refractivity contribution in [3.8, 4) is 0 Å². The van der Waals surface area contributed by atoms with Crippen LogP contribution in [0.5, 0.6) is 0 Å². The van der Waals surface area contributed by atoms with Gasteiger partial charge in [-0.25, -0.2) is 0 Å². The third-order valence-corrected chi connectivity index (χ3v) is 2.20. The second kappa shape index (κ2) is 3.61. The van der Waals surface area contributed by atoms with E-state index in [0.29, 0.717) is 9.86 Å². The number of carbonyl (C=O) groups excluding carboxylic acids is 1. The monoisotopic (exact) mass is 277 g/mol. The van der Waals surface area contributed by atoms with Crippen molar-refractivity contribution < 1.29 is 9.72 Å². The van der Waals surface area contributed by atoms with Crippen molar-refractivity contribution in [3.63, 3.8) is 0 Å². The molecule has 0 aromatic heterocycles. The third kappa shape index (κ3) is 1.60. The summed E-state index contributed by atoms with van der Waals surface area (Å²) < 4.78 is 0.474. The average Bonchev–Trinajstić information content (AvgIpc) is 2.03. The molecule has 0 radical (unpaired) electrons. The van der Waals surface area contributed by atoms with Crippen LogP contribution in [0.3, 0.4) is 0 Å². The van der Waals surface area contributed by atoms with Crippen molar-refractivity contribution >= 4 is 34.6 Å². The molecule has 0 unspecified atom stereocenters. The van der Waals surface area contributed by atoms with Crippen LogP contribution in [0.25, 0.3) is 0 Å². The SMILES string of the molecule is O=Cc1cccc(I)c1[N+](=O)[O-]. The summed E-state index contributed by atoms with van der Waals surface area (Å²) in [6.07, 6.45) is 0.486. The molecule has 0 spiro atoms. The van der Waals surface area contributed by atoms with E-state index in [-0.39, 0.29) is 11.3 Å². The van der Waals surface area contributed by atoms with Crippen molar-refractivity contribution in [3.05, 3.63) is 37.4 Å². The van der Waals surface area contributed by atoms with Crippen molar-refractivity contribution in [1.29, 1.82) is 0 Å². The molecule has 5 heteroatoms. The number of rotatable bonds is 2. The highest BCUT2D eigenvalue weighted by molar-refractivity contribution is 14.1. The standard InChI is InChI=1S/C7H4INO3/c8-6-3-1-2-5(4-10)7(6)9(11)12/h1-4H. The van der Waals surface area contributed by atoms with Crippen molar-refractivity contribution in [1.82, 2.24) is 0 Å². The molecule has 0 atom stereocenters. The second-order valence-electron chi connectivity index (χ2n) is 2.05. The number of halogens is 1. The maximum absolute atomic E-state index is 10.4. The van der Waals surface area contributed by atoms with Gasteiger partial charge in [0.2, 0.25) is 0 Å². The Morgan fingerprint density at radius 2 is 2.17 bits per heavy atom. The van der Waals surface area contributed by atoms with E-state index in [9.17, 15) is 14.9 Å². The van der Waals surface area contributed by atoms with Gasteiger partial charge < -0.3 is 0 Å². The molecular weight excluding hydrogens is 273 g/mol. The van der Waals surface area contributed by atoms with Gasteiger partial charge in [0.15, 0.2) is 6.29 Å². The molecule has 0 N–H and O–H groups in total. The molecule has 0 bridgehead atoms. The fraction of sp³-hybridized carbons (Fsp3) is 0. The summed E-state index contributed by atoms with van der Waals surface area (Å²) in [4.78, 5) is 20.3. The predicted octanol–water partition coefficient (Wildman–Crippen LogP) is 2.01. The molecule has 0 heterocycles. The molecule has 1 rings (SSSR count). The Balaban J connectivity index is 3.39. The topological polar surface area (TPSA) is 60.2 Å². The van der Waals surface area contributed by atoms with Gasteiger partial charge in [0.05, 0.1) is 14.1 Å². The van der Waals surface area contributed by atoms with Gasteiger partial charge in [-0.3, -0.25) is 14.9 Å². The van der Waals surface area contributed by atoms with Gasteiger partial charge in [0.1, 0.15) is 0 Å². The fourth-order valence-electron chi connectivity index (χ4n) is 0.820. The summed E-state index contributed by atoms with van der Waals surface area (Å²) in [5.74, 6) is 0. The molecular formula is C7H4INO3. The smallest absolute Gasteiger partial charge is 0.293 e. The van der Waals surface area contributed by atoms with Crippen LogP contribution in [-0.2, 0) is 0 Å². The van der Waals surface area contributed by atoms with Gasteiger partial charge in [-0.2, -0.15) is 0 Å². The Hall–Kier alpha value is -0.980. The molecule has 0 aliphatic carbocycles. The van der Waals surface area contributed by atoms with Gasteiger partial charge in [0, 0.05) is 0 Å². The Morgan fingerprint density at radius 3 is 2.58 bits per heavy atom. The van der Waals surface area contributed by atoms with Crippen LogP contribution < -0.4 is 0 Å². The zero-order valence-electron chi connectivity index (χ0n) is 5.86. The number of para-hydroxylation sites is 1. The van der Waals surface area contributed by atoms with Crippen LogP contribution in [0, 0.1) is 13.7 Å². The number of hydrogen-bond donors (Lipinski definition) is 0. The van der Waals surface area contributed by atoms with Crippen LogP contribution in [0.15, 0.2) is 18.2 Å². The lowest BCUT2D eigenvalue weighted by Crippen LogP contribution is -1.96. The molecule has 0 aliphatic heterocycles. The summed E-state index contributed by atoms with van der Waals surface area (Å²) in [6.45, 7) is 0. The van der Waals surface area contributed by atoms with E-state index < -0.39 is 4.92 Å². The quantitative estimate of drug-likeness (QED) is 0.359. The number of aldehydes is 1. The lowest BCUT2D eigenvalue weighted by atomic mass is 10.2. The maximum Gasteiger partial charge on any atom is 0.293 e. The van der Waals surface area contributed by atoms with E-state index in [0.717, 1.165) is 0 Å². The van der Waals surface area contributed by atoms with Crippen molar-refractivity contribution in [2.75, 3.05) is 0 Å². The minimum absolute atomic E-state index is 0.117. The molecule has 0 amide bonds. The van der Waals surface area contributed by atoms with Gasteiger partial charge in [0.25, 0.3) is 5.69 Å². The first kappa shape index (κ1) is 9.11. The van der Waals surface area contributed by atoms with E-state index in [1.54, 1.807) is 12.1 Å². The van der Waals surface area contributed by atoms with Gasteiger partial charge in [-0.05, 0) is 34.7 Å². The number of nitro benzene ring substituents is 1. The molecule has 12 heavy (non-hydrogen) atoms. The lowest BCUT2D eigenvalue weighted by Gasteiger charge is -1.96. The van der Waals surface area contributed by atoms with Crippen LogP contribution in [0.1, 0.15) is 10.4 Å². The van der Waals surface area contributed by atoms with Gasteiger partial charge >= 0.3 is 0 Å². The molecule has 0 aliphatic rings. The Morgan fingerprint density at radius 1 is 1.50 bits per heavy atom. The Bertz CT molecular complexity index is 337. The summed E-state index contributed by atoms with van der Waals surface area (Å²) in [5.41, 5.74) is 0.000000000000000666. The number of carbonyl (C=O) groups is 1. The van der Waals surface area contributed by atoms with Crippen LogP contribution >= 0.6 is 22.6 Å². The normalized spacial score (nSPS) is 9.42. The molecule has 1 aromatic carbocycles. The summed E-state index contributed by atoms with van der Waals surface area (Å²) >= 11 is 1.82. The summed E-state index contributed by atoms with van der Waals surface area (Å²) in [7, 11) is 0. The third-order valence-electron chi connectivity index (χ3n) is 1.33. The zero-order chi connectivity index (χ0) is 9.14. The first-order valence-electron chi connectivity index (χ1n) is 3.05. The summed E-state index contributed by atoms with van der Waals surface area (Å²) in [5, 5.41) is 10.4. The van der Waals surface area contributed by atoms with E-state index in [4.69, 9.17) is 0 Å². The Labute approximate surface area is 81.9 Å². The number of hydrogen-bond acceptors (Lipinski definition) is 3. The fourth-order valence-corrected chi connectivity index (χ4v) is 1.54. The number of benzene rings is 1. The largest absolute Gasteiger partial charge is 0.298 e. The highest BCUT2D eigenvalue weighted by atomic mass is 127. The highest BCUT2D eigenvalue weighted by Crippen LogP contribution is 2.23. The van der Waals surface area contributed by atoms with E-state index in [1.165, 1.54) is 6.07 Å². The summed E-state index contributed by atoms with van der Waals surface area (Å²) in [6, 6.07) is 4.62. The molecule has 0 fully saturated rings. The van der Waals surface area contributed by atoms with Crippen molar-refractivity contribution in [2.45, 2.75) is 0 Å². The number of nitro groups is 1. The maximum atomic E-state index is 10.4. The van der Waals surface area contributed by atoms with Crippen LogP contribution in [0.2, 0.25) is 0 Å². The molecule has 4 nitrogen and oxygen atoms in total.